The van der Waals surface area contributed by atoms with Gasteiger partial charge in [-0.2, -0.15) is 11.3 Å². The van der Waals surface area contributed by atoms with Crippen LogP contribution >= 0.6 is 11.3 Å². The van der Waals surface area contributed by atoms with Gasteiger partial charge in [-0.3, -0.25) is 4.90 Å². The second-order valence-corrected chi connectivity index (χ2v) is 8.69. The van der Waals surface area contributed by atoms with Crippen molar-refractivity contribution in [2.75, 3.05) is 33.9 Å². The fourth-order valence-corrected chi connectivity index (χ4v) is 4.91. The zero-order valence-corrected chi connectivity index (χ0v) is 16.8. The molecule has 2 aromatic rings. The van der Waals surface area contributed by atoms with Gasteiger partial charge in [0, 0.05) is 25.7 Å². The van der Waals surface area contributed by atoms with Crippen molar-refractivity contribution in [3.05, 3.63) is 46.2 Å². The lowest BCUT2D eigenvalue weighted by Crippen LogP contribution is -2.45. The maximum Gasteiger partial charge on any atom is 0.337 e. The van der Waals surface area contributed by atoms with Crippen molar-refractivity contribution >= 4 is 27.3 Å². The summed E-state index contributed by atoms with van der Waals surface area (Å²) in [6, 6.07) is 6.19. The van der Waals surface area contributed by atoms with Gasteiger partial charge in [0.05, 0.1) is 19.8 Å². The Kier molecular flexibility index (Phi) is 6.15. The molecule has 0 radical (unpaired) electrons. The van der Waals surface area contributed by atoms with E-state index in [2.05, 4.69) is 14.4 Å². The predicted octanol–water partition coefficient (Wildman–Crippen LogP) is 2.27. The summed E-state index contributed by atoms with van der Waals surface area (Å²) in [5.41, 5.74) is 1.24. The molecule has 1 aromatic carbocycles. The van der Waals surface area contributed by atoms with Crippen molar-refractivity contribution in [2.45, 2.75) is 17.4 Å². The minimum Gasteiger partial charge on any atom is -0.495 e. The highest BCUT2D eigenvalue weighted by Crippen LogP contribution is 2.29. The quantitative estimate of drug-likeness (QED) is 0.672. The van der Waals surface area contributed by atoms with Crippen LogP contribution in [-0.4, -0.2) is 53.1 Å². The first kappa shape index (κ1) is 19.8. The van der Waals surface area contributed by atoms with E-state index in [1.165, 1.54) is 32.4 Å². The Labute approximate surface area is 163 Å². The summed E-state index contributed by atoms with van der Waals surface area (Å²) in [6.45, 7) is 2.14. The minimum absolute atomic E-state index is 0.0189. The third-order valence-electron chi connectivity index (χ3n) is 4.60. The van der Waals surface area contributed by atoms with E-state index in [1.807, 2.05) is 16.8 Å². The number of nitrogens with zero attached hydrogens (tertiary/aromatic N) is 1. The molecule has 1 aliphatic heterocycles. The Balaban J connectivity index is 1.84. The van der Waals surface area contributed by atoms with Crippen molar-refractivity contribution in [3.8, 4) is 5.75 Å². The van der Waals surface area contributed by atoms with Crippen LogP contribution in [0.25, 0.3) is 0 Å². The first-order chi connectivity index (χ1) is 13.0. The van der Waals surface area contributed by atoms with E-state index in [9.17, 15) is 13.2 Å². The van der Waals surface area contributed by atoms with Gasteiger partial charge in [0.15, 0.2) is 0 Å². The molecule has 1 fully saturated rings. The summed E-state index contributed by atoms with van der Waals surface area (Å²) in [7, 11) is -1.24. The molecule has 1 N–H and O–H groups in total. The summed E-state index contributed by atoms with van der Waals surface area (Å²) in [5.74, 6) is -0.433. The minimum atomic E-state index is -3.88. The highest BCUT2D eigenvalue weighted by molar-refractivity contribution is 7.89. The Morgan fingerprint density at radius 2 is 2.07 bits per heavy atom. The van der Waals surface area contributed by atoms with Crippen molar-refractivity contribution in [1.82, 2.24) is 9.62 Å². The average molecular weight is 411 g/mol. The number of nitrogens with one attached hydrogen (secondary N) is 1. The smallest absolute Gasteiger partial charge is 0.337 e. The van der Waals surface area contributed by atoms with E-state index in [1.54, 1.807) is 11.3 Å². The predicted molar refractivity (Wildman–Crippen MR) is 103 cm³/mol. The number of benzene rings is 1. The molecule has 146 valence electrons. The van der Waals surface area contributed by atoms with E-state index < -0.39 is 16.0 Å². The van der Waals surface area contributed by atoms with Crippen molar-refractivity contribution in [1.29, 1.82) is 0 Å². The van der Waals surface area contributed by atoms with Crippen molar-refractivity contribution in [3.63, 3.8) is 0 Å². The Morgan fingerprint density at radius 1 is 1.30 bits per heavy atom. The molecule has 2 heterocycles. The lowest BCUT2D eigenvalue weighted by atomic mass is 10.1. The Bertz CT molecular complexity index is 892. The van der Waals surface area contributed by atoms with E-state index >= 15 is 0 Å². The summed E-state index contributed by atoms with van der Waals surface area (Å²) >= 11 is 1.59. The number of carbonyl (C=O) groups is 1. The SMILES string of the molecule is COC(=O)c1ccc(OC)c(S(=O)(=O)NC[C@H](c2ccsc2)N2CCC2)c1. The van der Waals surface area contributed by atoms with Crippen LogP contribution in [0.2, 0.25) is 0 Å². The van der Waals surface area contributed by atoms with E-state index in [4.69, 9.17) is 4.74 Å². The number of rotatable bonds is 8. The summed E-state index contributed by atoms with van der Waals surface area (Å²) in [5, 5.41) is 4.02. The molecule has 0 amide bonds. The van der Waals surface area contributed by atoms with Gasteiger partial charge in [0.1, 0.15) is 10.6 Å². The van der Waals surface area contributed by atoms with Gasteiger partial charge in [0.2, 0.25) is 10.0 Å². The molecule has 0 spiro atoms. The molecule has 0 aliphatic carbocycles. The number of likely N-dealkylation sites (tertiary alicyclic amines) is 1. The number of hydrogen-bond acceptors (Lipinski definition) is 7. The van der Waals surface area contributed by atoms with E-state index in [-0.39, 0.29) is 28.8 Å². The Morgan fingerprint density at radius 3 is 2.63 bits per heavy atom. The van der Waals surface area contributed by atoms with Gasteiger partial charge in [-0.15, -0.1) is 0 Å². The van der Waals surface area contributed by atoms with Crippen LogP contribution in [0.3, 0.4) is 0 Å². The first-order valence-corrected chi connectivity index (χ1v) is 10.9. The van der Waals surface area contributed by atoms with Crippen LogP contribution in [0.1, 0.15) is 28.4 Å². The molecule has 1 saturated heterocycles. The van der Waals surface area contributed by atoms with E-state index in [0.717, 1.165) is 25.1 Å². The highest BCUT2D eigenvalue weighted by atomic mass is 32.2. The molecule has 0 unspecified atom stereocenters. The molecular weight excluding hydrogens is 388 g/mol. The Hall–Kier alpha value is -1.94. The molecule has 0 bridgehead atoms. The van der Waals surface area contributed by atoms with Gasteiger partial charge >= 0.3 is 5.97 Å². The van der Waals surface area contributed by atoms with Crippen LogP contribution in [0, 0.1) is 0 Å². The number of thiophene rings is 1. The van der Waals surface area contributed by atoms with E-state index in [0.29, 0.717) is 0 Å². The van der Waals surface area contributed by atoms with Gasteiger partial charge in [-0.05, 0) is 47.0 Å². The topological polar surface area (TPSA) is 84.9 Å². The largest absolute Gasteiger partial charge is 0.495 e. The lowest BCUT2D eigenvalue weighted by Gasteiger charge is -2.38. The summed E-state index contributed by atoms with van der Waals surface area (Å²) in [4.78, 5) is 13.9. The van der Waals surface area contributed by atoms with Gasteiger partial charge in [-0.25, -0.2) is 17.9 Å². The van der Waals surface area contributed by atoms with Crippen LogP contribution in [0.5, 0.6) is 5.75 Å². The monoisotopic (exact) mass is 410 g/mol. The number of ether oxygens (including phenoxy) is 2. The summed E-state index contributed by atoms with van der Waals surface area (Å²) < 4.78 is 38.4. The zero-order valence-electron chi connectivity index (χ0n) is 15.2. The van der Waals surface area contributed by atoms with Gasteiger partial charge in [-0.1, -0.05) is 0 Å². The second kappa shape index (κ2) is 8.39. The maximum atomic E-state index is 12.9. The maximum absolute atomic E-state index is 12.9. The molecule has 3 rings (SSSR count). The van der Waals surface area contributed by atoms with Crippen LogP contribution in [0.4, 0.5) is 0 Å². The number of hydrogen-bond donors (Lipinski definition) is 1. The lowest BCUT2D eigenvalue weighted by molar-refractivity contribution is 0.0600. The van der Waals surface area contributed by atoms with Crippen LogP contribution in [-0.2, 0) is 14.8 Å². The third-order valence-corrected chi connectivity index (χ3v) is 6.75. The molecule has 0 saturated carbocycles. The molecule has 9 heteroatoms. The van der Waals surface area contributed by atoms with Gasteiger partial charge in [0.25, 0.3) is 0 Å². The number of carbonyl (C=O) groups excluding carboxylic acids is 1. The molecular formula is C18H22N2O5S2. The highest BCUT2D eigenvalue weighted by Gasteiger charge is 2.29. The summed E-state index contributed by atoms with van der Waals surface area (Å²) in [6.07, 6.45) is 1.11. The fourth-order valence-electron chi connectivity index (χ4n) is 2.97. The zero-order chi connectivity index (χ0) is 19.4. The molecule has 7 nitrogen and oxygen atoms in total. The number of sulfonamides is 1. The van der Waals surface area contributed by atoms with Crippen LogP contribution in [0.15, 0.2) is 39.9 Å². The van der Waals surface area contributed by atoms with Crippen LogP contribution < -0.4 is 9.46 Å². The number of methoxy groups -OCH3 is 2. The molecule has 1 atom stereocenters. The average Bonchev–Trinajstić information content (AvgIpc) is 3.16. The third kappa shape index (κ3) is 4.32. The standard InChI is InChI=1S/C18H22N2O5S2/c1-24-16-5-4-13(18(21)25-2)10-17(16)27(22,23)19-11-15(20-7-3-8-20)14-6-9-26-12-14/h4-6,9-10,12,15,19H,3,7-8,11H2,1-2H3/t15-/m1/s1. The fraction of sp³-hybridized carbons (Fsp3) is 0.389. The van der Waals surface area contributed by atoms with Crippen molar-refractivity contribution in [2.24, 2.45) is 0 Å². The second-order valence-electron chi connectivity index (χ2n) is 6.17. The number of esters is 1. The first-order valence-electron chi connectivity index (χ1n) is 8.48. The molecule has 1 aliphatic rings. The van der Waals surface area contributed by atoms with Crippen molar-refractivity contribution < 1.29 is 22.7 Å². The van der Waals surface area contributed by atoms with Gasteiger partial charge < -0.3 is 9.47 Å². The molecule has 27 heavy (non-hydrogen) atoms. The normalized spacial score (nSPS) is 15.8. The molecule has 1 aromatic heterocycles.